The Labute approximate surface area is 105 Å². The maximum Gasteiger partial charge on any atom is 0.239 e. The summed E-state index contributed by atoms with van der Waals surface area (Å²) in [5, 5.41) is 6.68. The van der Waals surface area contributed by atoms with Crippen molar-refractivity contribution in [1.82, 2.24) is 9.97 Å². The first kappa shape index (κ1) is 13.6. The van der Waals surface area contributed by atoms with Crippen LogP contribution in [-0.2, 0) is 4.79 Å². The van der Waals surface area contributed by atoms with Crippen LogP contribution >= 0.6 is 11.8 Å². The highest BCUT2D eigenvalue weighted by molar-refractivity contribution is 7.98. The summed E-state index contributed by atoms with van der Waals surface area (Å²) in [4.78, 5) is 19.5. The summed E-state index contributed by atoms with van der Waals surface area (Å²) in [6.45, 7) is 4.45. The standard InChI is InChI=1S/C10H17N5OS/c1-4-12-7-5-8(13-6(2)9(11)16)15-10(14-7)17-3/h5-6H,4H2,1-3H3,(H2,11,16)(H2,12,13,14,15). The molecule has 1 aromatic rings. The first-order chi connectivity index (χ1) is 8.06. The summed E-state index contributed by atoms with van der Waals surface area (Å²) in [6, 6.07) is 1.29. The third kappa shape index (κ3) is 4.10. The predicted octanol–water partition coefficient (Wildman–Crippen LogP) is 0.916. The summed E-state index contributed by atoms with van der Waals surface area (Å²) >= 11 is 1.44. The first-order valence-electron chi connectivity index (χ1n) is 5.29. The molecule has 1 heterocycles. The van der Waals surface area contributed by atoms with E-state index in [-0.39, 0.29) is 0 Å². The Morgan fingerprint density at radius 1 is 1.53 bits per heavy atom. The van der Waals surface area contributed by atoms with Gasteiger partial charge in [-0.1, -0.05) is 11.8 Å². The van der Waals surface area contributed by atoms with Crippen molar-refractivity contribution in [2.75, 3.05) is 23.4 Å². The van der Waals surface area contributed by atoms with E-state index in [2.05, 4.69) is 20.6 Å². The summed E-state index contributed by atoms with van der Waals surface area (Å²) < 4.78 is 0. The van der Waals surface area contributed by atoms with Gasteiger partial charge in [-0.15, -0.1) is 0 Å². The minimum atomic E-state index is -0.464. The van der Waals surface area contributed by atoms with Crippen molar-refractivity contribution in [2.24, 2.45) is 5.73 Å². The zero-order chi connectivity index (χ0) is 12.8. The van der Waals surface area contributed by atoms with E-state index in [0.29, 0.717) is 11.0 Å². The second kappa shape index (κ2) is 6.29. The number of nitrogens with two attached hydrogens (primary N) is 1. The average molecular weight is 255 g/mol. The second-order valence-corrected chi connectivity index (χ2v) is 4.20. The number of rotatable bonds is 6. The van der Waals surface area contributed by atoms with Crippen LogP contribution in [0.4, 0.5) is 11.6 Å². The van der Waals surface area contributed by atoms with Crippen LogP contribution in [0.3, 0.4) is 0 Å². The lowest BCUT2D eigenvalue weighted by atomic mass is 10.3. The van der Waals surface area contributed by atoms with Gasteiger partial charge in [-0.3, -0.25) is 4.79 Å². The molecule has 0 aliphatic rings. The number of aromatic nitrogens is 2. The van der Waals surface area contributed by atoms with Crippen LogP contribution in [0.15, 0.2) is 11.2 Å². The van der Waals surface area contributed by atoms with Crippen molar-refractivity contribution in [1.29, 1.82) is 0 Å². The Kier molecular flexibility index (Phi) is 5.02. The molecule has 1 amide bonds. The maximum absolute atomic E-state index is 11.0. The Hall–Kier alpha value is -1.50. The van der Waals surface area contributed by atoms with Gasteiger partial charge < -0.3 is 16.4 Å². The van der Waals surface area contributed by atoms with Crippen LogP contribution in [0, 0.1) is 0 Å². The molecule has 94 valence electrons. The van der Waals surface area contributed by atoms with Gasteiger partial charge in [0.2, 0.25) is 5.91 Å². The minimum absolute atomic E-state index is 0.417. The highest BCUT2D eigenvalue weighted by atomic mass is 32.2. The van der Waals surface area contributed by atoms with E-state index in [1.54, 1.807) is 13.0 Å². The van der Waals surface area contributed by atoms with E-state index in [1.807, 2.05) is 13.2 Å². The lowest BCUT2D eigenvalue weighted by Gasteiger charge is -2.12. The van der Waals surface area contributed by atoms with Crippen LogP contribution in [0.1, 0.15) is 13.8 Å². The Morgan fingerprint density at radius 3 is 2.71 bits per heavy atom. The molecule has 4 N–H and O–H groups in total. The van der Waals surface area contributed by atoms with Crippen LogP contribution in [0.25, 0.3) is 0 Å². The fourth-order valence-corrected chi connectivity index (χ4v) is 1.53. The molecule has 7 heteroatoms. The van der Waals surface area contributed by atoms with Gasteiger partial charge in [-0.25, -0.2) is 9.97 Å². The number of thioether (sulfide) groups is 1. The Bertz CT molecular complexity index is 398. The summed E-state index contributed by atoms with van der Waals surface area (Å²) in [6.07, 6.45) is 1.90. The second-order valence-electron chi connectivity index (χ2n) is 3.42. The fraction of sp³-hybridized carbons (Fsp3) is 0.500. The monoisotopic (exact) mass is 255 g/mol. The van der Waals surface area contributed by atoms with Gasteiger partial charge >= 0.3 is 0 Å². The van der Waals surface area contributed by atoms with Gasteiger partial charge in [-0.2, -0.15) is 0 Å². The van der Waals surface area contributed by atoms with Crippen molar-refractivity contribution < 1.29 is 4.79 Å². The molecule has 0 bridgehead atoms. The third-order valence-corrected chi connectivity index (χ3v) is 2.58. The molecule has 0 saturated heterocycles. The SMILES string of the molecule is CCNc1cc(NC(C)C(N)=O)nc(SC)n1. The van der Waals surface area contributed by atoms with E-state index in [1.165, 1.54) is 11.8 Å². The molecule has 0 spiro atoms. The summed E-state index contributed by atoms with van der Waals surface area (Å²) in [5.41, 5.74) is 5.19. The average Bonchev–Trinajstić information content (AvgIpc) is 2.28. The van der Waals surface area contributed by atoms with Crippen molar-refractivity contribution in [2.45, 2.75) is 25.0 Å². The molecule has 1 unspecified atom stereocenters. The molecule has 0 fully saturated rings. The number of primary amides is 1. The quantitative estimate of drug-likeness (QED) is 0.517. The fourth-order valence-electron chi connectivity index (χ4n) is 1.15. The first-order valence-corrected chi connectivity index (χ1v) is 6.52. The van der Waals surface area contributed by atoms with Gasteiger partial charge in [-0.05, 0) is 20.1 Å². The lowest BCUT2D eigenvalue weighted by Crippen LogP contribution is -2.32. The van der Waals surface area contributed by atoms with E-state index < -0.39 is 11.9 Å². The van der Waals surface area contributed by atoms with Crippen molar-refractivity contribution >= 4 is 29.3 Å². The molecule has 1 rings (SSSR count). The van der Waals surface area contributed by atoms with Crippen LogP contribution in [-0.4, -0.2) is 34.7 Å². The Morgan fingerprint density at radius 2 is 2.18 bits per heavy atom. The molecule has 0 aliphatic carbocycles. The van der Waals surface area contributed by atoms with Crippen LogP contribution < -0.4 is 16.4 Å². The number of nitrogens with one attached hydrogen (secondary N) is 2. The molecule has 0 saturated carbocycles. The maximum atomic E-state index is 11.0. The molecule has 0 radical (unpaired) electrons. The lowest BCUT2D eigenvalue weighted by molar-refractivity contribution is -0.118. The van der Waals surface area contributed by atoms with Gasteiger partial charge in [0.05, 0.1) is 0 Å². The van der Waals surface area contributed by atoms with Crippen molar-refractivity contribution in [3.63, 3.8) is 0 Å². The van der Waals surface area contributed by atoms with Crippen molar-refractivity contribution in [3.8, 4) is 0 Å². The topological polar surface area (TPSA) is 92.9 Å². The van der Waals surface area contributed by atoms with E-state index >= 15 is 0 Å². The van der Waals surface area contributed by atoms with Gasteiger partial charge in [0.15, 0.2) is 5.16 Å². The molecular formula is C10H17N5OS. The molecule has 0 aromatic carbocycles. The molecule has 6 nitrogen and oxygen atoms in total. The molecule has 0 aliphatic heterocycles. The van der Waals surface area contributed by atoms with Gasteiger partial charge in [0.1, 0.15) is 17.7 Å². The number of anilines is 2. The number of hydrogen-bond acceptors (Lipinski definition) is 6. The number of carbonyl (C=O) groups excluding carboxylic acids is 1. The van der Waals surface area contributed by atoms with E-state index in [4.69, 9.17) is 5.73 Å². The summed E-state index contributed by atoms with van der Waals surface area (Å²) in [7, 11) is 0. The van der Waals surface area contributed by atoms with Crippen LogP contribution in [0.5, 0.6) is 0 Å². The third-order valence-electron chi connectivity index (χ3n) is 2.04. The highest BCUT2D eigenvalue weighted by Gasteiger charge is 2.10. The summed E-state index contributed by atoms with van der Waals surface area (Å²) in [5.74, 6) is 0.900. The van der Waals surface area contributed by atoms with Gasteiger partial charge in [0.25, 0.3) is 0 Å². The highest BCUT2D eigenvalue weighted by Crippen LogP contribution is 2.17. The molecule has 1 atom stereocenters. The van der Waals surface area contributed by atoms with Crippen LogP contribution in [0.2, 0.25) is 0 Å². The number of hydrogen-bond donors (Lipinski definition) is 3. The number of carbonyl (C=O) groups is 1. The molecular weight excluding hydrogens is 238 g/mol. The Balaban J connectivity index is 2.90. The zero-order valence-corrected chi connectivity index (χ0v) is 11.0. The minimum Gasteiger partial charge on any atom is -0.370 e. The molecule has 1 aromatic heterocycles. The molecule has 17 heavy (non-hydrogen) atoms. The normalized spacial score (nSPS) is 11.9. The van der Waals surface area contributed by atoms with Crippen molar-refractivity contribution in [3.05, 3.63) is 6.07 Å². The van der Waals surface area contributed by atoms with E-state index in [9.17, 15) is 4.79 Å². The smallest absolute Gasteiger partial charge is 0.239 e. The zero-order valence-electron chi connectivity index (χ0n) is 10.2. The largest absolute Gasteiger partial charge is 0.370 e. The predicted molar refractivity (Wildman–Crippen MR) is 70.3 cm³/mol. The van der Waals surface area contributed by atoms with E-state index in [0.717, 1.165) is 12.4 Å². The number of nitrogens with zero attached hydrogens (tertiary/aromatic N) is 2. The number of amides is 1. The van der Waals surface area contributed by atoms with Gasteiger partial charge in [0, 0.05) is 12.6 Å².